The second-order valence-corrected chi connectivity index (χ2v) is 4.15. The van der Waals surface area contributed by atoms with Crippen LogP contribution in [0.4, 0.5) is 24.5 Å². The monoisotopic (exact) mass is 272 g/mol. The van der Waals surface area contributed by atoms with Crippen LogP contribution >= 0.6 is 0 Å². The highest BCUT2D eigenvalue weighted by Gasteiger charge is 2.38. The van der Waals surface area contributed by atoms with Crippen LogP contribution < -0.4 is 10.2 Å². The van der Waals surface area contributed by atoms with Crippen molar-refractivity contribution in [3.63, 3.8) is 0 Å². The molecule has 0 unspecified atom stereocenters. The average Bonchev–Trinajstić information content (AvgIpc) is 2.75. The molecule has 2 rings (SSSR count). The molecule has 0 spiro atoms. The molecule has 1 N–H and O–H groups in total. The van der Waals surface area contributed by atoms with Crippen LogP contribution in [0.1, 0.15) is 12.8 Å². The molecule has 4 nitrogen and oxygen atoms in total. The van der Waals surface area contributed by atoms with E-state index in [4.69, 9.17) is 0 Å². The summed E-state index contributed by atoms with van der Waals surface area (Å²) >= 11 is 0. The number of hydrogen-bond acceptors (Lipinski definition) is 2. The van der Waals surface area contributed by atoms with E-state index in [9.17, 15) is 22.8 Å². The first-order valence-corrected chi connectivity index (χ1v) is 5.66. The van der Waals surface area contributed by atoms with Gasteiger partial charge in [-0.05, 0) is 30.7 Å². The summed E-state index contributed by atoms with van der Waals surface area (Å²) in [5.41, 5.74) is 0.658. The van der Waals surface area contributed by atoms with E-state index in [1.165, 1.54) is 24.3 Å². The summed E-state index contributed by atoms with van der Waals surface area (Å²) in [5.74, 6) is -2.02. The van der Waals surface area contributed by atoms with E-state index in [-0.39, 0.29) is 11.6 Å². The molecule has 0 atom stereocenters. The van der Waals surface area contributed by atoms with E-state index >= 15 is 0 Å². The number of hydrogen-bond donors (Lipinski definition) is 1. The maximum Gasteiger partial charge on any atom is 0.471 e. The molecule has 0 bridgehead atoms. The molecule has 0 aromatic heterocycles. The second kappa shape index (κ2) is 4.91. The normalized spacial score (nSPS) is 15.7. The van der Waals surface area contributed by atoms with Crippen LogP contribution in [0.15, 0.2) is 24.3 Å². The summed E-state index contributed by atoms with van der Waals surface area (Å²) in [4.78, 5) is 23.8. The molecule has 0 saturated carbocycles. The van der Waals surface area contributed by atoms with Gasteiger partial charge >= 0.3 is 12.1 Å². The van der Waals surface area contributed by atoms with Crippen LogP contribution in [0.5, 0.6) is 0 Å². The molecule has 0 radical (unpaired) electrons. The van der Waals surface area contributed by atoms with E-state index in [1.54, 1.807) is 10.2 Å². The van der Waals surface area contributed by atoms with Crippen LogP contribution in [-0.2, 0) is 9.59 Å². The molecule has 19 heavy (non-hydrogen) atoms. The van der Waals surface area contributed by atoms with E-state index in [0.717, 1.165) is 6.42 Å². The van der Waals surface area contributed by atoms with E-state index in [0.29, 0.717) is 18.7 Å². The van der Waals surface area contributed by atoms with Crippen LogP contribution in [-0.4, -0.2) is 24.5 Å². The maximum absolute atomic E-state index is 12.0. The Morgan fingerprint density at radius 2 is 1.84 bits per heavy atom. The molecule has 1 heterocycles. The van der Waals surface area contributed by atoms with Gasteiger partial charge in [0.05, 0.1) is 0 Å². The Labute approximate surface area is 107 Å². The zero-order valence-corrected chi connectivity index (χ0v) is 9.83. The average molecular weight is 272 g/mol. The minimum atomic E-state index is -4.91. The van der Waals surface area contributed by atoms with Gasteiger partial charge in [0.25, 0.3) is 0 Å². The van der Waals surface area contributed by atoms with Crippen LogP contribution in [0, 0.1) is 0 Å². The first-order valence-electron chi connectivity index (χ1n) is 5.66. The predicted octanol–water partition coefficient (Wildman–Crippen LogP) is 2.31. The lowest BCUT2D eigenvalue weighted by atomic mass is 10.2. The van der Waals surface area contributed by atoms with Crippen LogP contribution in [0.2, 0.25) is 0 Å². The number of alkyl halides is 3. The first-order chi connectivity index (χ1) is 8.88. The van der Waals surface area contributed by atoms with Crippen molar-refractivity contribution in [3.05, 3.63) is 24.3 Å². The molecule has 2 amide bonds. The van der Waals surface area contributed by atoms with Crippen molar-refractivity contribution in [2.45, 2.75) is 19.0 Å². The fourth-order valence-electron chi connectivity index (χ4n) is 1.85. The minimum Gasteiger partial charge on any atom is -0.318 e. The van der Waals surface area contributed by atoms with E-state index < -0.39 is 12.1 Å². The summed E-state index contributed by atoms with van der Waals surface area (Å²) in [7, 11) is 0. The van der Waals surface area contributed by atoms with Gasteiger partial charge < -0.3 is 10.2 Å². The Kier molecular flexibility index (Phi) is 3.46. The van der Waals surface area contributed by atoms with Crippen molar-refractivity contribution in [3.8, 4) is 0 Å². The van der Waals surface area contributed by atoms with Gasteiger partial charge in [-0.3, -0.25) is 9.59 Å². The Balaban J connectivity index is 2.07. The van der Waals surface area contributed by atoms with E-state index in [2.05, 4.69) is 0 Å². The number of halogens is 3. The number of nitrogens with zero attached hydrogens (tertiary/aromatic N) is 1. The van der Waals surface area contributed by atoms with Crippen LogP contribution in [0.25, 0.3) is 0 Å². The summed E-state index contributed by atoms with van der Waals surface area (Å²) in [6.45, 7) is 0.604. The highest BCUT2D eigenvalue weighted by molar-refractivity contribution is 5.97. The smallest absolute Gasteiger partial charge is 0.318 e. The van der Waals surface area contributed by atoms with Gasteiger partial charge in [0.2, 0.25) is 5.91 Å². The number of nitrogens with one attached hydrogen (secondary N) is 1. The molecule has 102 valence electrons. The SMILES string of the molecule is O=C1CCCN1c1ccc(NC(=O)C(F)(F)F)cc1. The fraction of sp³-hybridized carbons (Fsp3) is 0.333. The van der Waals surface area contributed by atoms with Gasteiger partial charge in [0.15, 0.2) is 0 Å². The van der Waals surface area contributed by atoms with Crippen molar-refractivity contribution >= 4 is 23.2 Å². The quantitative estimate of drug-likeness (QED) is 0.898. The van der Waals surface area contributed by atoms with Crippen molar-refractivity contribution in [2.75, 3.05) is 16.8 Å². The number of benzene rings is 1. The molecule has 0 aliphatic carbocycles. The van der Waals surface area contributed by atoms with Gasteiger partial charge in [0, 0.05) is 24.3 Å². The van der Waals surface area contributed by atoms with Crippen LogP contribution in [0.3, 0.4) is 0 Å². The predicted molar refractivity (Wildman–Crippen MR) is 62.7 cm³/mol. The number of carbonyl (C=O) groups is 2. The Bertz CT molecular complexity index is 497. The molecular formula is C12H11F3N2O2. The van der Waals surface area contributed by atoms with Gasteiger partial charge in [-0.15, -0.1) is 0 Å². The van der Waals surface area contributed by atoms with Crippen molar-refractivity contribution in [1.82, 2.24) is 0 Å². The first kappa shape index (κ1) is 13.4. The Morgan fingerprint density at radius 3 is 2.32 bits per heavy atom. The summed E-state index contributed by atoms with van der Waals surface area (Å²) < 4.78 is 36.1. The lowest BCUT2D eigenvalue weighted by molar-refractivity contribution is -0.167. The molecule has 1 fully saturated rings. The van der Waals surface area contributed by atoms with Crippen molar-refractivity contribution in [2.24, 2.45) is 0 Å². The van der Waals surface area contributed by atoms with E-state index in [1.807, 2.05) is 0 Å². The third-order valence-corrected chi connectivity index (χ3v) is 2.77. The van der Waals surface area contributed by atoms with Crippen molar-refractivity contribution in [1.29, 1.82) is 0 Å². The van der Waals surface area contributed by atoms with Crippen molar-refractivity contribution < 1.29 is 22.8 Å². The topological polar surface area (TPSA) is 49.4 Å². The molecule has 1 aromatic carbocycles. The molecule has 7 heteroatoms. The minimum absolute atomic E-state index is 0.00734. The van der Waals surface area contributed by atoms with Gasteiger partial charge in [-0.1, -0.05) is 0 Å². The number of anilines is 2. The molecular weight excluding hydrogens is 261 g/mol. The number of carbonyl (C=O) groups excluding carboxylic acids is 2. The summed E-state index contributed by atoms with van der Waals surface area (Å²) in [6, 6.07) is 5.69. The van der Waals surface area contributed by atoms with Gasteiger partial charge in [-0.25, -0.2) is 0 Å². The molecule has 1 aromatic rings. The Morgan fingerprint density at radius 1 is 1.21 bits per heavy atom. The third kappa shape index (κ3) is 3.04. The second-order valence-electron chi connectivity index (χ2n) is 4.15. The molecule has 1 saturated heterocycles. The summed E-state index contributed by atoms with van der Waals surface area (Å²) in [6.07, 6.45) is -3.67. The lowest BCUT2D eigenvalue weighted by Gasteiger charge is -2.16. The fourth-order valence-corrected chi connectivity index (χ4v) is 1.85. The maximum atomic E-state index is 12.0. The van der Waals surface area contributed by atoms with Gasteiger partial charge in [-0.2, -0.15) is 13.2 Å². The summed E-state index contributed by atoms with van der Waals surface area (Å²) in [5, 5.41) is 1.74. The standard InChI is InChI=1S/C12H11F3N2O2/c13-12(14,15)11(19)16-8-3-5-9(6-4-8)17-7-1-2-10(17)18/h3-6H,1-2,7H2,(H,16,19). The molecule has 1 aliphatic heterocycles. The third-order valence-electron chi connectivity index (χ3n) is 2.77. The highest BCUT2D eigenvalue weighted by atomic mass is 19.4. The highest BCUT2D eigenvalue weighted by Crippen LogP contribution is 2.24. The number of rotatable bonds is 2. The number of amides is 2. The largest absolute Gasteiger partial charge is 0.471 e. The Hall–Kier alpha value is -2.05. The lowest BCUT2D eigenvalue weighted by Crippen LogP contribution is -2.30. The zero-order valence-electron chi connectivity index (χ0n) is 9.83. The zero-order chi connectivity index (χ0) is 14.0. The molecule has 1 aliphatic rings. The van der Waals surface area contributed by atoms with Gasteiger partial charge in [0.1, 0.15) is 0 Å².